The third kappa shape index (κ3) is 4.38. The van der Waals surface area contributed by atoms with Crippen LogP contribution in [0.1, 0.15) is 18.7 Å². The lowest BCUT2D eigenvalue weighted by molar-refractivity contribution is -0.892. The highest BCUT2D eigenvalue weighted by atomic mass is 16.5. The Morgan fingerprint density at radius 2 is 1.90 bits per heavy atom. The highest BCUT2D eigenvalue weighted by molar-refractivity contribution is 5.79. The summed E-state index contributed by atoms with van der Waals surface area (Å²) in [5.41, 5.74) is 1.97. The molecule has 1 atom stereocenters. The maximum absolute atomic E-state index is 12.6. The van der Waals surface area contributed by atoms with Crippen molar-refractivity contribution in [2.45, 2.75) is 13.0 Å². The van der Waals surface area contributed by atoms with E-state index in [1.54, 1.807) is 7.11 Å². The Hall–Kier alpha value is -2.99. The van der Waals surface area contributed by atoms with Crippen molar-refractivity contribution in [3.05, 3.63) is 60.4 Å². The van der Waals surface area contributed by atoms with Gasteiger partial charge in [-0.2, -0.15) is 0 Å². The largest absolute Gasteiger partial charge is 0.495 e. The molecule has 0 radical (unpaired) electrons. The Balaban J connectivity index is 1.29. The lowest BCUT2D eigenvalue weighted by Crippen LogP contribution is -3.15. The number of carbonyl (C=O) groups excluding carboxylic acids is 1. The van der Waals surface area contributed by atoms with Crippen LogP contribution in [0.15, 0.2) is 59.0 Å². The first-order valence-corrected chi connectivity index (χ1v) is 10.1. The standard InChI is InChI=1S/C23H27N3O3/c1-17(22-15-18-7-3-5-9-20(18)29-22)24-23(27)16-25-11-13-26(14-12-25)19-8-4-6-10-21(19)28-2/h3-10,15,17H,11-14,16H2,1-2H3,(H,24,27)/p+1/t17-/m0/s1. The van der Waals surface area contributed by atoms with Crippen molar-refractivity contribution >= 4 is 22.6 Å². The molecule has 1 fully saturated rings. The number of rotatable bonds is 6. The van der Waals surface area contributed by atoms with Gasteiger partial charge in [-0.25, -0.2) is 0 Å². The first-order valence-electron chi connectivity index (χ1n) is 10.1. The third-order valence-electron chi connectivity index (χ3n) is 5.56. The van der Waals surface area contributed by atoms with Gasteiger partial charge in [0.15, 0.2) is 6.54 Å². The Bertz CT molecular complexity index is 943. The molecule has 152 valence electrons. The predicted molar refractivity (Wildman–Crippen MR) is 114 cm³/mol. The summed E-state index contributed by atoms with van der Waals surface area (Å²) in [5, 5.41) is 4.14. The molecule has 0 aliphatic carbocycles. The van der Waals surface area contributed by atoms with E-state index in [1.165, 1.54) is 4.90 Å². The first-order chi connectivity index (χ1) is 14.1. The fourth-order valence-corrected chi connectivity index (χ4v) is 3.94. The molecular weight excluding hydrogens is 366 g/mol. The van der Waals surface area contributed by atoms with Gasteiger partial charge in [0, 0.05) is 5.39 Å². The van der Waals surface area contributed by atoms with Crippen LogP contribution in [0, 0.1) is 0 Å². The smallest absolute Gasteiger partial charge is 0.275 e. The lowest BCUT2D eigenvalue weighted by Gasteiger charge is -2.34. The van der Waals surface area contributed by atoms with Gasteiger partial charge in [0.25, 0.3) is 5.91 Å². The summed E-state index contributed by atoms with van der Waals surface area (Å²) in [4.78, 5) is 16.2. The summed E-state index contributed by atoms with van der Waals surface area (Å²) in [6.45, 7) is 6.09. The number of hydrogen-bond acceptors (Lipinski definition) is 4. The number of quaternary nitrogens is 1. The van der Waals surface area contributed by atoms with Gasteiger partial charge >= 0.3 is 0 Å². The maximum Gasteiger partial charge on any atom is 0.275 e. The quantitative estimate of drug-likeness (QED) is 0.672. The molecule has 0 spiro atoms. The molecule has 6 heteroatoms. The molecule has 1 amide bonds. The maximum atomic E-state index is 12.6. The number of furan rings is 1. The van der Waals surface area contributed by atoms with Crippen molar-refractivity contribution in [1.29, 1.82) is 0 Å². The van der Waals surface area contributed by atoms with E-state index in [4.69, 9.17) is 9.15 Å². The van der Waals surface area contributed by atoms with Crippen molar-refractivity contribution in [1.82, 2.24) is 5.32 Å². The molecule has 4 rings (SSSR count). The van der Waals surface area contributed by atoms with Crippen LogP contribution >= 0.6 is 0 Å². The Kier molecular flexibility index (Phi) is 5.71. The minimum atomic E-state index is -0.149. The Morgan fingerprint density at radius 3 is 2.66 bits per heavy atom. The average Bonchev–Trinajstić information content (AvgIpc) is 3.19. The molecule has 2 heterocycles. The molecule has 0 saturated carbocycles. The molecule has 1 aromatic heterocycles. The minimum Gasteiger partial charge on any atom is -0.495 e. The van der Waals surface area contributed by atoms with E-state index in [0.717, 1.165) is 54.3 Å². The number of ether oxygens (including phenoxy) is 1. The fourth-order valence-electron chi connectivity index (χ4n) is 3.94. The zero-order chi connectivity index (χ0) is 20.2. The number of amides is 1. The molecule has 1 saturated heterocycles. The van der Waals surface area contributed by atoms with Crippen LogP contribution in [0.4, 0.5) is 5.69 Å². The number of carbonyl (C=O) groups is 1. The van der Waals surface area contributed by atoms with Gasteiger partial charge in [-0.05, 0) is 31.2 Å². The van der Waals surface area contributed by atoms with E-state index in [0.29, 0.717) is 6.54 Å². The van der Waals surface area contributed by atoms with Crippen LogP contribution in [0.2, 0.25) is 0 Å². The third-order valence-corrected chi connectivity index (χ3v) is 5.56. The number of para-hydroxylation sites is 3. The molecule has 2 aromatic carbocycles. The second kappa shape index (κ2) is 8.57. The number of anilines is 1. The summed E-state index contributed by atoms with van der Waals surface area (Å²) in [5.74, 6) is 1.74. The van der Waals surface area contributed by atoms with E-state index < -0.39 is 0 Å². The van der Waals surface area contributed by atoms with Crippen molar-refractivity contribution in [2.75, 3.05) is 44.7 Å². The number of nitrogens with zero attached hydrogens (tertiary/aromatic N) is 1. The van der Waals surface area contributed by atoms with Crippen LogP contribution in [-0.4, -0.2) is 45.7 Å². The molecule has 3 aromatic rings. The van der Waals surface area contributed by atoms with E-state index in [-0.39, 0.29) is 11.9 Å². The number of hydrogen-bond donors (Lipinski definition) is 2. The van der Waals surface area contributed by atoms with E-state index >= 15 is 0 Å². The molecule has 1 aliphatic heterocycles. The Labute approximate surface area is 171 Å². The van der Waals surface area contributed by atoms with Gasteiger partial charge in [-0.3, -0.25) is 4.79 Å². The molecular formula is C23H28N3O3+. The highest BCUT2D eigenvalue weighted by Gasteiger charge is 2.25. The minimum absolute atomic E-state index is 0.0543. The summed E-state index contributed by atoms with van der Waals surface area (Å²) in [6.07, 6.45) is 0. The summed E-state index contributed by atoms with van der Waals surface area (Å²) >= 11 is 0. The molecule has 2 N–H and O–H groups in total. The molecule has 6 nitrogen and oxygen atoms in total. The van der Waals surface area contributed by atoms with Crippen molar-refractivity contribution in [3.8, 4) is 5.75 Å². The zero-order valence-corrected chi connectivity index (χ0v) is 17.0. The van der Waals surface area contributed by atoms with Crippen molar-refractivity contribution in [2.24, 2.45) is 0 Å². The van der Waals surface area contributed by atoms with E-state index in [9.17, 15) is 4.79 Å². The monoisotopic (exact) mass is 394 g/mol. The number of fused-ring (bicyclic) bond motifs is 1. The van der Waals surface area contributed by atoms with Gasteiger partial charge in [0.05, 0.1) is 45.0 Å². The number of methoxy groups -OCH3 is 1. The summed E-state index contributed by atoms with van der Waals surface area (Å²) < 4.78 is 11.3. The second-order valence-electron chi connectivity index (χ2n) is 7.56. The van der Waals surface area contributed by atoms with E-state index in [1.807, 2.05) is 55.5 Å². The summed E-state index contributed by atoms with van der Waals surface area (Å²) in [6, 6.07) is 17.8. The van der Waals surface area contributed by atoms with Gasteiger partial charge in [0.2, 0.25) is 0 Å². The SMILES string of the molecule is COc1ccccc1N1CC[NH+](CC(=O)N[C@@H](C)c2cc3ccccc3o2)CC1. The fraction of sp³-hybridized carbons (Fsp3) is 0.348. The van der Waals surface area contributed by atoms with Crippen LogP contribution in [0.25, 0.3) is 11.0 Å². The lowest BCUT2D eigenvalue weighted by atomic mass is 10.2. The first kappa shape index (κ1) is 19.3. The Morgan fingerprint density at radius 1 is 1.17 bits per heavy atom. The second-order valence-corrected chi connectivity index (χ2v) is 7.56. The van der Waals surface area contributed by atoms with Gasteiger partial charge < -0.3 is 24.3 Å². The highest BCUT2D eigenvalue weighted by Crippen LogP contribution is 2.27. The average molecular weight is 394 g/mol. The molecule has 0 unspecified atom stereocenters. The van der Waals surface area contributed by atoms with Gasteiger partial charge in [0.1, 0.15) is 17.1 Å². The van der Waals surface area contributed by atoms with Crippen molar-refractivity contribution < 1.29 is 18.8 Å². The van der Waals surface area contributed by atoms with Crippen LogP contribution in [-0.2, 0) is 4.79 Å². The van der Waals surface area contributed by atoms with Crippen LogP contribution < -0.4 is 19.9 Å². The molecule has 0 bridgehead atoms. The van der Waals surface area contributed by atoms with Gasteiger partial charge in [-0.1, -0.05) is 30.3 Å². The summed E-state index contributed by atoms with van der Waals surface area (Å²) in [7, 11) is 1.70. The number of nitrogens with one attached hydrogen (secondary N) is 2. The van der Waals surface area contributed by atoms with Crippen LogP contribution in [0.3, 0.4) is 0 Å². The zero-order valence-electron chi connectivity index (χ0n) is 17.0. The number of piperazine rings is 1. The molecule has 29 heavy (non-hydrogen) atoms. The topological polar surface area (TPSA) is 59.2 Å². The number of benzene rings is 2. The molecule has 1 aliphatic rings. The normalized spacial score (nSPS) is 16.0. The van der Waals surface area contributed by atoms with E-state index in [2.05, 4.69) is 16.3 Å². The van der Waals surface area contributed by atoms with Crippen molar-refractivity contribution in [3.63, 3.8) is 0 Å². The van der Waals surface area contributed by atoms with Gasteiger partial charge in [-0.15, -0.1) is 0 Å². The van der Waals surface area contributed by atoms with Crippen LogP contribution in [0.5, 0.6) is 5.75 Å². The predicted octanol–water partition coefficient (Wildman–Crippen LogP) is 2.02.